The molecule has 3 rings (SSSR count). The van der Waals surface area contributed by atoms with E-state index in [0.29, 0.717) is 51.4 Å². The fraction of sp³-hybridized carbons (Fsp3) is 0.318. The molecule has 0 spiro atoms. The molecule has 1 N–H and O–H groups in total. The van der Waals surface area contributed by atoms with Crippen molar-refractivity contribution in [3.8, 4) is 0 Å². The molecule has 0 saturated heterocycles. The van der Waals surface area contributed by atoms with Crippen LogP contribution in [0.5, 0.6) is 0 Å². The van der Waals surface area contributed by atoms with Gasteiger partial charge in [0.2, 0.25) is 5.91 Å². The van der Waals surface area contributed by atoms with Crippen LogP contribution in [-0.2, 0) is 16.1 Å². The minimum absolute atomic E-state index is 0.168. The Balaban J connectivity index is 1.90. The lowest BCUT2D eigenvalue weighted by Crippen LogP contribution is -2.27. The van der Waals surface area contributed by atoms with E-state index >= 15 is 0 Å². The molecule has 1 unspecified atom stereocenters. The van der Waals surface area contributed by atoms with Crippen molar-refractivity contribution >= 4 is 57.5 Å². The van der Waals surface area contributed by atoms with E-state index in [4.69, 9.17) is 27.9 Å². The van der Waals surface area contributed by atoms with Gasteiger partial charge in [-0.3, -0.25) is 14.2 Å². The van der Waals surface area contributed by atoms with Crippen LogP contribution < -0.4 is 10.9 Å². The number of nitrogens with one attached hydrogen (secondary N) is 1. The second-order valence-corrected chi connectivity index (χ2v) is 9.17. The summed E-state index contributed by atoms with van der Waals surface area (Å²) in [6, 6.07) is 10.3. The maximum atomic E-state index is 13.1. The van der Waals surface area contributed by atoms with E-state index in [1.54, 1.807) is 55.0 Å². The van der Waals surface area contributed by atoms with Gasteiger partial charge in [-0.2, -0.15) is 0 Å². The molecule has 0 aliphatic rings. The van der Waals surface area contributed by atoms with Crippen LogP contribution in [0.25, 0.3) is 10.9 Å². The fourth-order valence-electron chi connectivity index (χ4n) is 3.02. The molecule has 1 atom stereocenters. The quantitative estimate of drug-likeness (QED) is 0.274. The number of hydrogen-bond acceptors (Lipinski definition) is 5. The predicted octanol–water partition coefficient (Wildman–Crippen LogP) is 5.17. The zero-order valence-corrected chi connectivity index (χ0v) is 19.8. The van der Waals surface area contributed by atoms with Gasteiger partial charge in [0.15, 0.2) is 5.16 Å². The Labute approximate surface area is 194 Å². The molecule has 0 radical (unpaired) electrons. The third-order valence-corrected chi connectivity index (χ3v) is 6.52. The summed E-state index contributed by atoms with van der Waals surface area (Å²) in [5, 5.41) is 4.42. The largest absolute Gasteiger partial charge is 0.385 e. The molecule has 1 amide bonds. The summed E-state index contributed by atoms with van der Waals surface area (Å²) in [7, 11) is 1.61. The Morgan fingerprint density at radius 1 is 1.29 bits per heavy atom. The monoisotopic (exact) mass is 479 g/mol. The Morgan fingerprint density at radius 2 is 2.06 bits per heavy atom. The van der Waals surface area contributed by atoms with Crippen molar-refractivity contribution in [2.24, 2.45) is 0 Å². The lowest BCUT2D eigenvalue weighted by molar-refractivity contribution is -0.115. The molecule has 6 nitrogen and oxygen atoms in total. The highest BCUT2D eigenvalue weighted by molar-refractivity contribution is 8.00. The number of halogens is 2. The van der Waals surface area contributed by atoms with Crippen molar-refractivity contribution in [2.45, 2.75) is 37.2 Å². The number of benzene rings is 2. The van der Waals surface area contributed by atoms with Gasteiger partial charge in [-0.15, -0.1) is 0 Å². The van der Waals surface area contributed by atoms with E-state index in [1.807, 2.05) is 6.92 Å². The predicted molar refractivity (Wildman–Crippen MR) is 128 cm³/mol. The van der Waals surface area contributed by atoms with Crippen LogP contribution >= 0.6 is 35.0 Å². The van der Waals surface area contributed by atoms with Crippen LogP contribution in [0.1, 0.15) is 18.9 Å². The fourth-order valence-corrected chi connectivity index (χ4v) is 4.29. The van der Waals surface area contributed by atoms with Gasteiger partial charge in [-0.1, -0.05) is 41.0 Å². The van der Waals surface area contributed by atoms with Gasteiger partial charge in [0.1, 0.15) is 0 Å². The molecule has 31 heavy (non-hydrogen) atoms. The molecule has 0 bridgehead atoms. The lowest BCUT2D eigenvalue weighted by Gasteiger charge is -2.17. The standard InChI is InChI=1S/C22H23Cl2N3O3S/c1-13-17(24)6-4-7-18(13)25-20(28)14(2)31-22-26-19-12-15(23)8-9-16(19)21(29)27(22)10-5-11-30-3/h4,6-9,12,14H,5,10-11H2,1-3H3,(H,25,28). The molecular weight excluding hydrogens is 457 g/mol. The first-order chi connectivity index (χ1) is 14.8. The maximum absolute atomic E-state index is 13.1. The van der Waals surface area contributed by atoms with Crippen LogP contribution in [0.2, 0.25) is 10.0 Å². The van der Waals surface area contributed by atoms with Gasteiger partial charge >= 0.3 is 0 Å². The first kappa shape index (κ1) is 23.6. The highest BCUT2D eigenvalue weighted by Gasteiger charge is 2.20. The van der Waals surface area contributed by atoms with E-state index in [1.165, 1.54) is 11.8 Å². The number of methoxy groups -OCH3 is 1. The maximum Gasteiger partial charge on any atom is 0.262 e. The van der Waals surface area contributed by atoms with Crippen LogP contribution in [-0.4, -0.2) is 34.4 Å². The highest BCUT2D eigenvalue weighted by Crippen LogP contribution is 2.27. The van der Waals surface area contributed by atoms with Crippen molar-refractivity contribution in [3.63, 3.8) is 0 Å². The number of hydrogen-bond donors (Lipinski definition) is 1. The molecule has 1 heterocycles. The van der Waals surface area contributed by atoms with Gasteiger partial charge < -0.3 is 10.1 Å². The number of carbonyl (C=O) groups is 1. The van der Waals surface area contributed by atoms with Crippen molar-refractivity contribution in [2.75, 3.05) is 19.0 Å². The summed E-state index contributed by atoms with van der Waals surface area (Å²) in [6.07, 6.45) is 0.646. The summed E-state index contributed by atoms with van der Waals surface area (Å²) in [5.41, 5.74) is 1.78. The number of nitrogens with zero attached hydrogens (tertiary/aromatic N) is 2. The number of anilines is 1. The number of rotatable bonds is 8. The lowest BCUT2D eigenvalue weighted by atomic mass is 10.2. The molecular formula is C22H23Cl2N3O3S. The minimum Gasteiger partial charge on any atom is -0.385 e. The molecule has 0 fully saturated rings. The van der Waals surface area contributed by atoms with Gasteiger partial charge in [-0.05, 0) is 56.2 Å². The Morgan fingerprint density at radius 3 is 2.81 bits per heavy atom. The average Bonchev–Trinajstić information content (AvgIpc) is 2.73. The summed E-state index contributed by atoms with van der Waals surface area (Å²) < 4.78 is 6.71. The summed E-state index contributed by atoms with van der Waals surface area (Å²) in [4.78, 5) is 30.5. The molecule has 0 saturated carbocycles. The minimum atomic E-state index is -0.504. The number of amides is 1. The molecule has 0 aliphatic carbocycles. The summed E-state index contributed by atoms with van der Waals surface area (Å²) in [5.74, 6) is -0.209. The van der Waals surface area contributed by atoms with Crippen LogP contribution in [0.3, 0.4) is 0 Å². The first-order valence-electron chi connectivity index (χ1n) is 9.73. The Bertz CT molecular complexity index is 1170. The SMILES string of the molecule is COCCCn1c(SC(C)C(=O)Nc2cccc(Cl)c2C)nc2cc(Cl)ccc2c1=O. The zero-order chi connectivity index (χ0) is 22.5. The van der Waals surface area contributed by atoms with Gasteiger partial charge in [0, 0.05) is 36.0 Å². The van der Waals surface area contributed by atoms with E-state index in [-0.39, 0.29) is 11.5 Å². The molecule has 0 aliphatic heterocycles. The number of thioether (sulfide) groups is 1. The first-order valence-corrected chi connectivity index (χ1v) is 11.4. The Hall–Kier alpha value is -2.06. The molecule has 3 aromatic rings. The van der Waals surface area contributed by atoms with E-state index in [9.17, 15) is 9.59 Å². The van der Waals surface area contributed by atoms with Gasteiger partial charge in [0.05, 0.1) is 16.2 Å². The van der Waals surface area contributed by atoms with Crippen LogP contribution in [0.15, 0.2) is 46.3 Å². The van der Waals surface area contributed by atoms with Crippen molar-refractivity contribution in [3.05, 3.63) is 62.4 Å². The van der Waals surface area contributed by atoms with E-state index < -0.39 is 5.25 Å². The smallest absolute Gasteiger partial charge is 0.262 e. The number of carbonyl (C=O) groups excluding carboxylic acids is 1. The second-order valence-electron chi connectivity index (χ2n) is 7.02. The number of ether oxygens (including phenoxy) is 1. The third kappa shape index (κ3) is 5.60. The van der Waals surface area contributed by atoms with Gasteiger partial charge in [0.25, 0.3) is 5.56 Å². The highest BCUT2D eigenvalue weighted by atomic mass is 35.5. The zero-order valence-electron chi connectivity index (χ0n) is 17.4. The number of fused-ring (bicyclic) bond motifs is 1. The second kappa shape index (κ2) is 10.5. The third-order valence-electron chi connectivity index (χ3n) is 4.79. The van der Waals surface area contributed by atoms with Gasteiger partial charge in [-0.25, -0.2) is 4.98 Å². The average molecular weight is 480 g/mol. The van der Waals surface area contributed by atoms with Crippen LogP contribution in [0.4, 0.5) is 5.69 Å². The summed E-state index contributed by atoms with van der Waals surface area (Å²) >= 11 is 13.5. The van der Waals surface area contributed by atoms with Crippen LogP contribution in [0, 0.1) is 6.92 Å². The van der Waals surface area contributed by atoms with Crippen molar-refractivity contribution in [1.82, 2.24) is 9.55 Å². The van der Waals surface area contributed by atoms with E-state index in [2.05, 4.69) is 10.3 Å². The topological polar surface area (TPSA) is 73.2 Å². The number of aromatic nitrogens is 2. The molecule has 1 aromatic heterocycles. The van der Waals surface area contributed by atoms with Crippen molar-refractivity contribution in [1.29, 1.82) is 0 Å². The normalized spacial score (nSPS) is 12.2. The summed E-state index contributed by atoms with van der Waals surface area (Å²) in [6.45, 7) is 4.56. The molecule has 164 valence electrons. The molecule has 2 aromatic carbocycles. The van der Waals surface area contributed by atoms with E-state index in [0.717, 1.165) is 5.56 Å². The Kier molecular flexibility index (Phi) is 8.00. The van der Waals surface area contributed by atoms with Crippen molar-refractivity contribution < 1.29 is 9.53 Å². The molecule has 9 heteroatoms.